The number of hydrogen-bond donors (Lipinski definition) is 1. The summed E-state index contributed by atoms with van der Waals surface area (Å²) in [7, 11) is 0. The Kier molecular flexibility index (Phi) is 5.98. The van der Waals surface area contributed by atoms with Crippen LogP contribution in [0, 0.1) is 10.1 Å². The molecule has 1 N–H and O–H groups in total. The predicted molar refractivity (Wildman–Crippen MR) is 116 cm³/mol. The molecule has 1 aliphatic heterocycles. The lowest BCUT2D eigenvalue weighted by atomic mass is 10.1. The third-order valence-corrected chi connectivity index (χ3v) is 5.58. The highest BCUT2D eigenvalue weighted by Crippen LogP contribution is 2.32. The molecule has 3 aromatic rings. The SMILES string of the molecule is CC(=O)N1CCN(c2ncnc(NCc3ccc(-c4csnn4)cc3)c2[N+](=O)[O-])CC1. The minimum Gasteiger partial charge on any atom is -0.360 e. The molecule has 2 aromatic heterocycles. The number of nitrogens with one attached hydrogen (secondary N) is 1. The quantitative estimate of drug-likeness (QED) is 0.453. The molecular weight excluding hydrogens is 420 g/mol. The molecule has 0 radical (unpaired) electrons. The van der Waals surface area contributed by atoms with Crippen LogP contribution in [-0.4, -0.2) is 61.5 Å². The van der Waals surface area contributed by atoms with Crippen LogP contribution >= 0.6 is 11.5 Å². The maximum Gasteiger partial charge on any atom is 0.353 e. The Morgan fingerprint density at radius 1 is 1.19 bits per heavy atom. The van der Waals surface area contributed by atoms with Crippen molar-refractivity contribution in [2.45, 2.75) is 13.5 Å². The summed E-state index contributed by atoms with van der Waals surface area (Å²) in [6.45, 7) is 3.84. The van der Waals surface area contributed by atoms with Crippen molar-refractivity contribution in [3.8, 4) is 11.3 Å². The highest BCUT2D eigenvalue weighted by molar-refractivity contribution is 7.03. The lowest BCUT2D eigenvalue weighted by molar-refractivity contribution is -0.383. The molecule has 12 heteroatoms. The summed E-state index contributed by atoms with van der Waals surface area (Å²) >= 11 is 1.29. The van der Waals surface area contributed by atoms with Crippen molar-refractivity contribution in [1.82, 2.24) is 24.5 Å². The topological polar surface area (TPSA) is 130 Å². The molecule has 0 atom stereocenters. The molecular formula is C19H20N8O3S. The van der Waals surface area contributed by atoms with Crippen molar-refractivity contribution in [2.24, 2.45) is 0 Å². The number of anilines is 2. The van der Waals surface area contributed by atoms with E-state index in [1.54, 1.807) is 4.90 Å². The Morgan fingerprint density at radius 3 is 2.55 bits per heavy atom. The van der Waals surface area contributed by atoms with Crippen LogP contribution in [0.25, 0.3) is 11.3 Å². The fraction of sp³-hybridized carbons (Fsp3) is 0.316. The van der Waals surface area contributed by atoms with Gasteiger partial charge in [0.05, 0.1) is 4.92 Å². The van der Waals surface area contributed by atoms with Crippen LogP contribution in [0.4, 0.5) is 17.3 Å². The molecule has 1 aromatic carbocycles. The molecule has 11 nitrogen and oxygen atoms in total. The van der Waals surface area contributed by atoms with Gasteiger partial charge in [0.2, 0.25) is 17.5 Å². The fourth-order valence-electron chi connectivity index (χ4n) is 3.40. The first kappa shape index (κ1) is 20.6. The first-order valence-corrected chi connectivity index (χ1v) is 10.5. The predicted octanol–water partition coefficient (Wildman–Crippen LogP) is 2.18. The van der Waals surface area contributed by atoms with Crippen molar-refractivity contribution in [3.63, 3.8) is 0 Å². The zero-order valence-corrected chi connectivity index (χ0v) is 17.6. The molecule has 31 heavy (non-hydrogen) atoms. The molecule has 0 unspecified atom stereocenters. The number of carbonyl (C=O) groups is 1. The van der Waals surface area contributed by atoms with Gasteiger partial charge in [-0.3, -0.25) is 14.9 Å². The second kappa shape index (κ2) is 9.00. The third kappa shape index (κ3) is 4.58. The van der Waals surface area contributed by atoms with Gasteiger partial charge in [0.25, 0.3) is 0 Å². The average molecular weight is 440 g/mol. The number of aromatic nitrogens is 4. The van der Waals surface area contributed by atoms with E-state index in [1.165, 1.54) is 24.8 Å². The lowest BCUT2D eigenvalue weighted by Crippen LogP contribution is -2.48. The van der Waals surface area contributed by atoms with Gasteiger partial charge < -0.3 is 15.1 Å². The molecule has 4 rings (SSSR count). The monoisotopic (exact) mass is 440 g/mol. The Bertz CT molecular complexity index is 1070. The summed E-state index contributed by atoms with van der Waals surface area (Å²) < 4.78 is 3.86. The zero-order chi connectivity index (χ0) is 21.8. The van der Waals surface area contributed by atoms with E-state index >= 15 is 0 Å². The van der Waals surface area contributed by atoms with Gasteiger partial charge in [0.1, 0.15) is 12.0 Å². The minimum atomic E-state index is -0.465. The minimum absolute atomic E-state index is 0.00347. The van der Waals surface area contributed by atoms with Gasteiger partial charge in [-0.25, -0.2) is 9.97 Å². The van der Waals surface area contributed by atoms with Crippen LogP contribution in [0.2, 0.25) is 0 Å². The van der Waals surface area contributed by atoms with Crippen LogP contribution < -0.4 is 10.2 Å². The molecule has 1 saturated heterocycles. The summed E-state index contributed by atoms with van der Waals surface area (Å²) in [5.41, 5.74) is 2.54. The summed E-state index contributed by atoms with van der Waals surface area (Å²) in [5.74, 6) is 0.421. The van der Waals surface area contributed by atoms with E-state index in [2.05, 4.69) is 24.9 Å². The molecule has 1 fully saturated rings. The normalized spacial score (nSPS) is 13.8. The largest absolute Gasteiger partial charge is 0.360 e. The van der Waals surface area contributed by atoms with Gasteiger partial charge >= 0.3 is 5.69 Å². The van der Waals surface area contributed by atoms with Crippen molar-refractivity contribution in [1.29, 1.82) is 0 Å². The summed E-state index contributed by atoms with van der Waals surface area (Å²) in [5, 5.41) is 20.8. The molecule has 0 bridgehead atoms. The Morgan fingerprint density at radius 2 is 1.94 bits per heavy atom. The Hall–Kier alpha value is -3.67. The van der Waals surface area contributed by atoms with Gasteiger partial charge in [0.15, 0.2) is 0 Å². The molecule has 1 aliphatic rings. The zero-order valence-electron chi connectivity index (χ0n) is 16.8. The summed E-state index contributed by atoms with van der Waals surface area (Å²) in [4.78, 5) is 34.7. The highest BCUT2D eigenvalue weighted by Gasteiger charge is 2.29. The number of rotatable bonds is 6. The lowest BCUT2D eigenvalue weighted by Gasteiger charge is -2.34. The van der Waals surface area contributed by atoms with E-state index < -0.39 is 4.92 Å². The Labute approximate surface area is 182 Å². The van der Waals surface area contributed by atoms with Gasteiger partial charge in [-0.15, -0.1) is 5.10 Å². The standard InChI is InChI=1S/C19H20N8O3S/c1-13(28)25-6-8-26(9-7-25)19-17(27(29)30)18(21-12-22-19)20-10-14-2-4-15(5-3-14)16-11-31-24-23-16/h2-5,11-12H,6-10H2,1H3,(H,20,21,22). The number of piperazine rings is 1. The first-order chi connectivity index (χ1) is 15.0. The van der Waals surface area contributed by atoms with Crippen molar-refractivity contribution >= 4 is 34.8 Å². The van der Waals surface area contributed by atoms with E-state index in [-0.39, 0.29) is 23.2 Å². The second-order valence-electron chi connectivity index (χ2n) is 6.99. The number of carbonyl (C=O) groups excluding carboxylic acids is 1. The number of amides is 1. The smallest absolute Gasteiger partial charge is 0.353 e. The van der Waals surface area contributed by atoms with E-state index in [0.29, 0.717) is 32.7 Å². The van der Waals surface area contributed by atoms with E-state index in [1.807, 2.05) is 34.5 Å². The van der Waals surface area contributed by atoms with E-state index in [9.17, 15) is 14.9 Å². The summed E-state index contributed by atoms with van der Waals surface area (Å²) in [6.07, 6.45) is 1.32. The van der Waals surface area contributed by atoms with Gasteiger partial charge in [-0.2, -0.15) is 0 Å². The first-order valence-electron chi connectivity index (χ1n) is 9.63. The number of nitro groups is 1. The van der Waals surface area contributed by atoms with Crippen molar-refractivity contribution in [2.75, 3.05) is 36.4 Å². The second-order valence-corrected chi connectivity index (χ2v) is 7.60. The number of hydrogen-bond acceptors (Lipinski definition) is 10. The van der Waals surface area contributed by atoms with Crippen LogP contribution in [0.5, 0.6) is 0 Å². The average Bonchev–Trinajstić information content (AvgIpc) is 3.32. The fourth-order valence-corrected chi connectivity index (χ4v) is 3.87. The molecule has 0 spiro atoms. The molecule has 3 heterocycles. The van der Waals surface area contributed by atoms with Gasteiger partial charge in [0, 0.05) is 50.6 Å². The molecule has 1 amide bonds. The van der Waals surface area contributed by atoms with Gasteiger partial charge in [-0.1, -0.05) is 28.8 Å². The van der Waals surface area contributed by atoms with Crippen LogP contribution in [0.1, 0.15) is 12.5 Å². The summed E-state index contributed by atoms with van der Waals surface area (Å²) in [6, 6.07) is 7.72. The van der Waals surface area contributed by atoms with Gasteiger partial charge in [-0.05, 0) is 17.1 Å². The third-order valence-electron chi connectivity index (χ3n) is 5.08. The highest BCUT2D eigenvalue weighted by atomic mass is 32.1. The van der Waals surface area contributed by atoms with E-state index in [4.69, 9.17) is 0 Å². The number of nitrogens with zero attached hydrogens (tertiary/aromatic N) is 7. The maximum absolute atomic E-state index is 11.8. The van der Waals surface area contributed by atoms with Crippen LogP contribution in [0.15, 0.2) is 36.0 Å². The van der Waals surface area contributed by atoms with Crippen LogP contribution in [-0.2, 0) is 11.3 Å². The van der Waals surface area contributed by atoms with Crippen LogP contribution in [0.3, 0.4) is 0 Å². The number of benzene rings is 1. The van der Waals surface area contributed by atoms with Crippen molar-refractivity contribution in [3.05, 3.63) is 51.7 Å². The molecule has 0 saturated carbocycles. The molecule has 160 valence electrons. The Balaban J connectivity index is 1.49. The van der Waals surface area contributed by atoms with Crippen molar-refractivity contribution < 1.29 is 9.72 Å². The van der Waals surface area contributed by atoms with E-state index in [0.717, 1.165) is 16.8 Å². The maximum atomic E-state index is 11.8. The molecule has 0 aliphatic carbocycles.